The average molecular weight is 459 g/mol. The molecule has 2 atom stereocenters. The molecule has 0 aliphatic carbocycles. The zero-order chi connectivity index (χ0) is 24.2. The average Bonchev–Trinajstić information content (AvgIpc) is 2.79. The van der Waals surface area contributed by atoms with E-state index in [-0.39, 0.29) is 19.4 Å². The molecule has 2 amide bonds. The fourth-order valence-corrected chi connectivity index (χ4v) is 2.97. The molecule has 0 aliphatic heterocycles. The van der Waals surface area contributed by atoms with Crippen molar-refractivity contribution in [2.75, 3.05) is 6.54 Å². The molecule has 6 N–H and O–H groups in total. The third-order valence-corrected chi connectivity index (χ3v) is 4.60. The quantitative estimate of drug-likeness (QED) is 0.247. The Labute approximate surface area is 189 Å². The lowest BCUT2D eigenvalue weighted by Crippen LogP contribution is -2.51. The van der Waals surface area contributed by atoms with E-state index >= 15 is 0 Å². The van der Waals surface area contributed by atoms with E-state index in [4.69, 9.17) is 10.2 Å². The zero-order valence-electron chi connectivity index (χ0n) is 17.5. The number of pyridine rings is 2. The number of nitrogens with one attached hydrogen (secondary N) is 3. The van der Waals surface area contributed by atoms with Gasteiger partial charge in [-0.1, -0.05) is 12.1 Å². The number of urea groups is 1. The highest BCUT2D eigenvalue weighted by Gasteiger charge is 2.25. The lowest BCUT2D eigenvalue weighted by Gasteiger charge is -2.21. The zero-order valence-corrected chi connectivity index (χ0v) is 17.5. The van der Waals surface area contributed by atoms with Gasteiger partial charge in [0.15, 0.2) is 0 Å². The van der Waals surface area contributed by atoms with E-state index < -0.39 is 48.5 Å². The first kappa shape index (κ1) is 25.2. The van der Waals surface area contributed by atoms with E-state index in [2.05, 4.69) is 25.9 Å². The highest BCUT2D eigenvalue weighted by Crippen LogP contribution is 2.17. The molecule has 2 aromatic heterocycles. The summed E-state index contributed by atoms with van der Waals surface area (Å²) in [5.74, 6) is -3.95. The van der Waals surface area contributed by atoms with Crippen LogP contribution in [0.2, 0.25) is 0 Å². The predicted octanol–water partition coefficient (Wildman–Crippen LogP) is 0.616. The van der Waals surface area contributed by atoms with E-state index in [1.54, 1.807) is 36.7 Å². The van der Waals surface area contributed by atoms with Gasteiger partial charge in [-0.05, 0) is 43.7 Å². The molecule has 176 valence electrons. The van der Waals surface area contributed by atoms with Gasteiger partial charge in [-0.2, -0.15) is 0 Å². The van der Waals surface area contributed by atoms with Crippen LogP contribution in [0.1, 0.15) is 36.7 Å². The molecule has 0 saturated carbocycles. The Bertz CT molecular complexity index is 903. The largest absolute Gasteiger partial charge is 0.481 e. The number of rotatable bonds is 13. The van der Waals surface area contributed by atoms with Gasteiger partial charge < -0.3 is 31.3 Å². The Morgan fingerprint density at radius 3 is 1.73 bits per heavy atom. The van der Waals surface area contributed by atoms with Crippen LogP contribution in [0, 0.1) is 0 Å². The molecule has 33 heavy (non-hydrogen) atoms. The van der Waals surface area contributed by atoms with Gasteiger partial charge in [-0.25, -0.2) is 14.4 Å². The molecule has 0 radical (unpaired) electrons. The van der Waals surface area contributed by atoms with Crippen molar-refractivity contribution in [3.63, 3.8) is 0 Å². The number of hydrogen-bond acceptors (Lipinski definition) is 7. The van der Waals surface area contributed by atoms with Gasteiger partial charge in [0.2, 0.25) is 0 Å². The van der Waals surface area contributed by atoms with Crippen LogP contribution in [0.4, 0.5) is 4.79 Å². The Morgan fingerprint density at radius 2 is 1.30 bits per heavy atom. The fraction of sp³-hybridized carbons (Fsp3) is 0.333. The smallest absolute Gasteiger partial charge is 0.326 e. The van der Waals surface area contributed by atoms with Crippen molar-refractivity contribution < 1.29 is 34.5 Å². The standard InChI is InChI=1S/C21H25N5O7/c27-17(28)8-7-15(19(29)30)25-21(33)26-16(20(31)32)9-12-24-18(13-5-1-3-10-22-13)14-6-2-4-11-23-14/h1-6,10-11,15-16,18,24H,7-9,12H2,(H,27,28)(H,29,30)(H,31,32)(H2,25,26,33). The van der Waals surface area contributed by atoms with Crippen LogP contribution in [-0.2, 0) is 14.4 Å². The summed E-state index contributed by atoms with van der Waals surface area (Å²) in [6.07, 6.45) is 2.43. The second-order valence-corrected chi connectivity index (χ2v) is 7.02. The Kier molecular flexibility index (Phi) is 9.71. The summed E-state index contributed by atoms with van der Waals surface area (Å²) in [7, 11) is 0. The van der Waals surface area contributed by atoms with Crippen LogP contribution in [0.5, 0.6) is 0 Å². The van der Waals surface area contributed by atoms with Crippen LogP contribution < -0.4 is 16.0 Å². The first-order chi connectivity index (χ1) is 15.8. The van der Waals surface area contributed by atoms with Crippen LogP contribution in [-0.4, -0.2) is 67.9 Å². The van der Waals surface area contributed by atoms with Crippen LogP contribution in [0.3, 0.4) is 0 Å². The number of carbonyl (C=O) groups is 4. The molecule has 0 fully saturated rings. The molecule has 0 spiro atoms. The Balaban J connectivity index is 1.98. The molecule has 0 aliphatic rings. The first-order valence-electron chi connectivity index (χ1n) is 10.1. The summed E-state index contributed by atoms with van der Waals surface area (Å²) in [6.45, 7) is 0.163. The molecule has 2 aromatic rings. The Morgan fingerprint density at radius 1 is 0.788 bits per heavy atom. The molecule has 12 nitrogen and oxygen atoms in total. The molecule has 0 aromatic carbocycles. The molecular formula is C21H25N5O7. The molecule has 0 bridgehead atoms. The van der Waals surface area contributed by atoms with Crippen molar-refractivity contribution in [1.82, 2.24) is 25.9 Å². The summed E-state index contributed by atoms with van der Waals surface area (Å²) in [5.41, 5.74) is 1.35. The lowest BCUT2D eigenvalue weighted by molar-refractivity contribution is -0.140. The summed E-state index contributed by atoms with van der Waals surface area (Å²) < 4.78 is 0. The number of carboxylic acids is 3. The van der Waals surface area contributed by atoms with Gasteiger partial charge in [0.05, 0.1) is 17.4 Å². The maximum Gasteiger partial charge on any atom is 0.326 e. The van der Waals surface area contributed by atoms with E-state index in [0.717, 1.165) is 0 Å². The van der Waals surface area contributed by atoms with Gasteiger partial charge in [-0.15, -0.1) is 0 Å². The minimum absolute atomic E-state index is 0.0220. The first-order valence-corrected chi connectivity index (χ1v) is 10.1. The van der Waals surface area contributed by atoms with Crippen molar-refractivity contribution in [3.05, 3.63) is 60.2 Å². The third-order valence-electron chi connectivity index (χ3n) is 4.60. The van der Waals surface area contributed by atoms with Gasteiger partial charge in [0, 0.05) is 18.8 Å². The number of aliphatic carboxylic acids is 3. The van der Waals surface area contributed by atoms with Crippen molar-refractivity contribution >= 4 is 23.9 Å². The molecule has 2 unspecified atom stereocenters. The molecule has 2 rings (SSSR count). The lowest BCUT2D eigenvalue weighted by atomic mass is 10.1. The number of amides is 2. The molecule has 12 heteroatoms. The normalized spacial score (nSPS) is 12.5. The van der Waals surface area contributed by atoms with E-state index in [9.17, 15) is 24.3 Å². The number of aromatic nitrogens is 2. The topological polar surface area (TPSA) is 191 Å². The monoisotopic (exact) mass is 459 g/mol. The van der Waals surface area contributed by atoms with Gasteiger partial charge in [0.1, 0.15) is 12.1 Å². The summed E-state index contributed by atoms with van der Waals surface area (Å²) in [4.78, 5) is 54.2. The molecular weight excluding hydrogens is 434 g/mol. The van der Waals surface area contributed by atoms with E-state index in [1.165, 1.54) is 0 Å². The van der Waals surface area contributed by atoms with Crippen molar-refractivity contribution in [1.29, 1.82) is 0 Å². The second kappa shape index (κ2) is 12.7. The van der Waals surface area contributed by atoms with Crippen LogP contribution in [0.25, 0.3) is 0 Å². The highest BCUT2D eigenvalue weighted by atomic mass is 16.4. The molecule has 0 saturated heterocycles. The summed E-state index contributed by atoms with van der Waals surface area (Å²) >= 11 is 0. The van der Waals surface area contributed by atoms with Gasteiger partial charge in [0.25, 0.3) is 0 Å². The minimum Gasteiger partial charge on any atom is -0.481 e. The van der Waals surface area contributed by atoms with Gasteiger partial charge >= 0.3 is 23.9 Å². The van der Waals surface area contributed by atoms with Crippen molar-refractivity contribution in [3.8, 4) is 0 Å². The second-order valence-electron chi connectivity index (χ2n) is 7.02. The van der Waals surface area contributed by atoms with E-state index in [0.29, 0.717) is 11.4 Å². The number of carbonyl (C=O) groups excluding carboxylic acids is 1. The fourth-order valence-electron chi connectivity index (χ4n) is 2.97. The van der Waals surface area contributed by atoms with Crippen molar-refractivity contribution in [2.45, 2.75) is 37.4 Å². The third kappa shape index (κ3) is 8.53. The highest BCUT2D eigenvalue weighted by molar-refractivity contribution is 5.86. The summed E-state index contributed by atoms with van der Waals surface area (Å²) in [6, 6.07) is 6.54. The minimum atomic E-state index is -1.47. The maximum atomic E-state index is 12.1. The predicted molar refractivity (Wildman–Crippen MR) is 114 cm³/mol. The molecule has 2 heterocycles. The van der Waals surface area contributed by atoms with Gasteiger partial charge in [-0.3, -0.25) is 14.8 Å². The van der Waals surface area contributed by atoms with Crippen LogP contribution >= 0.6 is 0 Å². The SMILES string of the molecule is O=C(O)CCC(NC(=O)NC(CCNC(c1ccccn1)c1ccccn1)C(=O)O)C(=O)O. The summed E-state index contributed by atoms with van der Waals surface area (Å²) in [5, 5.41) is 34.7. The number of nitrogens with zero attached hydrogens (tertiary/aromatic N) is 2. The van der Waals surface area contributed by atoms with E-state index in [1.807, 2.05) is 12.1 Å². The number of carboxylic acid groups (broad SMARTS) is 3. The maximum absolute atomic E-state index is 12.1. The number of hydrogen-bond donors (Lipinski definition) is 6. The van der Waals surface area contributed by atoms with Crippen molar-refractivity contribution in [2.24, 2.45) is 0 Å². The van der Waals surface area contributed by atoms with Crippen LogP contribution in [0.15, 0.2) is 48.8 Å². The Hall–Kier alpha value is -4.06.